The lowest BCUT2D eigenvalue weighted by Gasteiger charge is -2.28. The lowest BCUT2D eigenvalue weighted by atomic mass is 9.80. The first-order valence-electron chi connectivity index (χ1n) is 18.4. The van der Waals surface area contributed by atoms with Crippen LogP contribution in [-0.2, 0) is 28.5 Å². The number of ether oxygens (including phenoxy) is 4. The van der Waals surface area contributed by atoms with Crippen LogP contribution < -0.4 is 32.1 Å². The molecule has 1 rings (SSSR count). The number of hydrogen-bond acceptors (Lipinski definition) is 11. The second-order valence-electron chi connectivity index (χ2n) is 15.2. The van der Waals surface area contributed by atoms with Crippen LogP contribution in [0.4, 0.5) is 20.3 Å². The molecular weight excluding hydrogens is 702 g/mol. The predicted octanol–water partition coefficient (Wildman–Crippen LogP) is 4.18. The number of aryl methyl sites for hydroxylation is 1. The third-order valence-corrected chi connectivity index (χ3v) is 8.29. The Hall–Kier alpha value is -4.67. The van der Waals surface area contributed by atoms with Gasteiger partial charge in [-0.1, -0.05) is 48.1 Å². The number of rotatable bonds is 25. The van der Waals surface area contributed by atoms with E-state index < -0.39 is 24.2 Å². The zero-order valence-electron chi connectivity index (χ0n) is 33.3. The number of carbonyl (C=O) groups is 5. The van der Waals surface area contributed by atoms with Crippen LogP contribution in [-0.4, -0.2) is 98.8 Å². The predicted molar refractivity (Wildman–Crippen MR) is 204 cm³/mol. The summed E-state index contributed by atoms with van der Waals surface area (Å²) in [7, 11) is 0. The number of esters is 1. The van der Waals surface area contributed by atoms with E-state index in [1.165, 1.54) is 6.07 Å². The van der Waals surface area contributed by atoms with E-state index in [1.807, 2.05) is 20.8 Å². The number of aromatic amines is 1. The Bertz CT molecular complexity index is 1420. The zero-order chi connectivity index (χ0) is 40.7. The van der Waals surface area contributed by atoms with Gasteiger partial charge in [-0.05, 0) is 62.2 Å². The minimum absolute atomic E-state index is 0.0426. The number of nitrogens with zero attached hydrogens (tertiary/aromatic N) is 1. The number of aromatic nitrogens is 2. The summed E-state index contributed by atoms with van der Waals surface area (Å²) in [5.74, 6) is -0.397. The molecule has 3 unspecified atom stereocenters. The number of anilines is 1. The maximum atomic E-state index is 12.4. The molecule has 1 heterocycles. The monoisotopic (exact) mass is 765 g/mol. The van der Waals surface area contributed by atoms with Crippen molar-refractivity contribution < 1.29 is 42.9 Å². The van der Waals surface area contributed by atoms with E-state index in [2.05, 4.69) is 70.8 Å². The molecule has 6 N–H and O–H groups in total. The van der Waals surface area contributed by atoms with E-state index >= 15 is 0 Å². The van der Waals surface area contributed by atoms with E-state index in [0.29, 0.717) is 51.1 Å². The number of H-pyrrole nitrogens is 1. The molecule has 0 saturated carbocycles. The zero-order valence-corrected chi connectivity index (χ0v) is 33.3. The fourth-order valence-electron chi connectivity index (χ4n) is 5.69. The molecule has 0 fully saturated rings. The first-order valence-corrected chi connectivity index (χ1v) is 18.4. The minimum Gasteiger partial charge on any atom is -0.459 e. The molecule has 54 heavy (non-hydrogen) atoms. The molecule has 17 heteroatoms. The van der Waals surface area contributed by atoms with Gasteiger partial charge in [-0.2, -0.15) is 0 Å². The summed E-state index contributed by atoms with van der Waals surface area (Å²) in [5, 5.41) is 13.7. The van der Waals surface area contributed by atoms with Crippen molar-refractivity contribution >= 4 is 36.0 Å². The molecule has 3 atom stereocenters. The highest BCUT2D eigenvalue weighted by Crippen LogP contribution is 2.29. The van der Waals surface area contributed by atoms with Crippen LogP contribution >= 0.6 is 0 Å². The maximum Gasteiger partial charge on any atom is 0.407 e. The molecule has 0 aromatic carbocycles. The summed E-state index contributed by atoms with van der Waals surface area (Å²) in [6.45, 7) is 20.9. The summed E-state index contributed by atoms with van der Waals surface area (Å²) in [6.07, 6.45) is 3.05. The van der Waals surface area contributed by atoms with Gasteiger partial charge in [0, 0.05) is 50.4 Å². The molecule has 1 aromatic heterocycles. The van der Waals surface area contributed by atoms with Crippen molar-refractivity contribution in [3.63, 3.8) is 0 Å². The molecule has 5 amide bonds. The second kappa shape index (κ2) is 24.6. The van der Waals surface area contributed by atoms with Crippen LogP contribution in [0, 0.1) is 29.6 Å². The largest absolute Gasteiger partial charge is 0.459 e. The highest BCUT2D eigenvalue weighted by Gasteiger charge is 2.23. The van der Waals surface area contributed by atoms with Gasteiger partial charge in [-0.15, -0.1) is 0 Å². The Morgan fingerprint density at radius 2 is 1.37 bits per heavy atom. The Morgan fingerprint density at radius 1 is 0.833 bits per heavy atom. The third-order valence-electron chi connectivity index (χ3n) is 8.29. The molecular formula is C37H63N7O10. The van der Waals surface area contributed by atoms with E-state index in [1.54, 1.807) is 6.92 Å². The molecule has 0 aliphatic heterocycles. The standard InChI is InChI=1S/C37H63N7O10/c1-10-31(47)51-17-18-53-35(50)39-15-13-36(6,7)20-25(2)22-40-30(46)24-54-28(5)11-16-52-34(49)38-14-12-37(8,9)21-26(3)23-41-33(48)44-32-42-27(4)19-29(45)43-32/h10,19,25-26,28H,1,11-18,20-24H2,2-9H3,(H,38,49)(H,39,50)(H,40,46)(H3,41,42,43,44,45,48). The van der Waals surface area contributed by atoms with E-state index in [-0.39, 0.29) is 72.6 Å². The average molecular weight is 766 g/mol. The summed E-state index contributed by atoms with van der Waals surface area (Å²) >= 11 is 0. The van der Waals surface area contributed by atoms with E-state index in [4.69, 9.17) is 18.9 Å². The molecule has 0 radical (unpaired) electrons. The SMILES string of the molecule is C=CC(=O)OCCOC(=O)NCCC(C)(C)CC(C)CNC(=O)COC(C)CCOC(=O)NCCC(C)(C)CC(C)CNC(=O)Nc1nc(C)cc(=O)[nH]1. The molecule has 0 saturated heterocycles. The summed E-state index contributed by atoms with van der Waals surface area (Å²) in [5.41, 5.74) is -0.0678. The number of hydrogen-bond donors (Lipinski definition) is 6. The normalized spacial score (nSPS) is 13.0. The van der Waals surface area contributed by atoms with Crippen LogP contribution in [0.2, 0.25) is 0 Å². The minimum atomic E-state index is -0.586. The highest BCUT2D eigenvalue weighted by atomic mass is 16.6. The van der Waals surface area contributed by atoms with Crippen LogP contribution in [0.5, 0.6) is 0 Å². The lowest BCUT2D eigenvalue weighted by molar-refractivity contribution is -0.138. The quantitative estimate of drug-likeness (QED) is 0.0358. The van der Waals surface area contributed by atoms with Crippen molar-refractivity contribution in [2.24, 2.45) is 22.7 Å². The third kappa shape index (κ3) is 23.8. The second-order valence-corrected chi connectivity index (χ2v) is 15.2. The highest BCUT2D eigenvalue weighted by molar-refractivity contribution is 5.87. The van der Waals surface area contributed by atoms with E-state index in [0.717, 1.165) is 18.9 Å². The van der Waals surface area contributed by atoms with Crippen LogP contribution in [0.25, 0.3) is 0 Å². The van der Waals surface area contributed by atoms with Crippen molar-refractivity contribution in [3.05, 3.63) is 34.8 Å². The lowest BCUT2D eigenvalue weighted by Crippen LogP contribution is -2.35. The smallest absolute Gasteiger partial charge is 0.407 e. The fraction of sp³-hybridized carbons (Fsp3) is 0.703. The molecule has 0 bridgehead atoms. The Balaban J connectivity index is 2.17. The number of alkyl carbamates (subject to hydrolysis) is 2. The number of amides is 5. The van der Waals surface area contributed by atoms with Gasteiger partial charge in [0.15, 0.2) is 0 Å². The van der Waals surface area contributed by atoms with Crippen LogP contribution in [0.3, 0.4) is 0 Å². The number of carbonyl (C=O) groups excluding carboxylic acids is 5. The van der Waals surface area contributed by atoms with Gasteiger partial charge in [0.1, 0.15) is 19.8 Å². The van der Waals surface area contributed by atoms with Gasteiger partial charge in [-0.3, -0.25) is 19.9 Å². The molecule has 306 valence electrons. The van der Waals surface area contributed by atoms with Crippen LogP contribution in [0.15, 0.2) is 23.5 Å². The molecule has 1 aromatic rings. The summed E-state index contributed by atoms with van der Waals surface area (Å²) in [6, 6.07) is 0.875. The molecule has 0 aliphatic rings. The van der Waals surface area contributed by atoms with Crippen molar-refractivity contribution in [3.8, 4) is 0 Å². The van der Waals surface area contributed by atoms with Gasteiger partial charge in [0.25, 0.3) is 5.56 Å². The van der Waals surface area contributed by atoms with E-state index in [9.17, 15) is 28.8 Å². The Labute approximate surface area is 318 Å². The van der Waals surface area contributed by atoms with Gasteiger partial charge >= 0.3 is 24.2 Å². The van der Waals surface area contributed by atoms with Crippen molar-refractivity contribution in [1.29, 1.82) is 0 Å². The first kappa shape index (κ1) is 47.4. The van der Waals surface area contributed by atoms with Crippen molar-refractivity contribution in [2.45, 2.75) is 93.6 Å². The molecule has 17 nitrogen and oxygen atoms in total. The number of nitrogens with one attached hydrogen (secondary N) is 6. The summed E-state index contributed by atoms with van der Waals surface area (Å²) in [4.78, 5) is 77.7. The van der Waals surface area contributed by atoms with Gasteiger partial charge in [0.2, 0.25) is 11.9 Å². The van der Waals surface area contributed by atoms with Gasteiger partial charge < -0.3 is 40.2 Å². The Morgan fingerprint density at radius 3 is 1.93 bits per heavy atom. The van der Waals surface area contributed by atoms with Crippen molar-refractivity contribution in [1.82, 2.24) is 31.2 Å². The summed E-state index contributed by atoms with van der Waals surface area (Å²) < 4.78 is 20.6. The van der Waals surface area contributed by atoms with Crippen molar-refractivity contribution in [2.75, 3.05) is 57.9 Å². The van der Waals surface area contributed by atoms with Gasteiger partial charge in [0.05, 0.1) is 12.7 Å². The molecule has 0 aliphatic carbocycles. The number of urea groups is 1. The topological polar surface area (TPSA) is 228 Å². The molecule has 0 spiro atoms. The first-order chi connectivity index (χ1) is 25.3. The average Bonchev–Trinajstić information content (AvgIpc) is 3.06. The van der Waals surface area contributed by atoms with Gasteiger partial charge in [-0.25, -0.2) is 24.2 Å². The Kier molecular flexibility index (Phi) is 21.6. The van der Waals surface area contributed by atoms with Crippen LogP contribution in [0.1, 0.15) is 86.3 Å². The fourth-order valence-corrected chi connectivity index (χ4v) is 5.69. The maximum absolute atomic E-state index is 12.4.